The van der Waals surface area contributed by atoms with Crippen LogP contribution in [0.3, 0.4) is 0 Å². The number of hydrogen-bond donors (Lipinski definition) is 0. The minimum atomic E-state index is -0.607. The fourth-order valence-electron chi connectivity index (χ4n) is 1.25. The van der Waals surface area contributed by atoms with Crippen LogP contribution >= 0.6 is 0 Å². The summed E-state index contributed by atoms with van der Waals surface area (Å²) in [6.07, 6.45) is 0.670. The van der Waals surface area contributed by atoms with E-state index in [2.05, 4.69) is 10.2 Å². The van der Waals surface area contributed by atoms with Crippen molar-refractivity contribution in [2.75, 3.05) is 14.2 Å². The second-order valence-corrected chi connectivity index (χ2v) is 4.83. The van der Waals surface area contributed by atoms with Crippen LogP contribution < -0.4 is 0 Å². The molecular weight excluding hydrogens is 192 g/mol. The van der Waals surface area contributed by atoms with Gasteiger partial charge in [-0.25, -0.2) is 0 Å². The van der Waals surface area contributed by atoms with Crippen molar-refractivity contribution in [3.05, 3.63) is 0 Å². The number of hydrogen-bond acceptors (Lipinski definition) is 4. The Labute approximate surface area is 93.1 Å². The third kappa shape index (κ3) is 5.85. The summed E-state index contributed by atoms with van der Waals surface area (Å²) in [5.41, 5.74) is -0.870. The smallest absolute Gasteiger partial charge is 0.178 e. The normalized spacial score (nSPS) is 17.3. The molecule has 0 aromatic carbocycles. The molecule has 0 heterocycles. The molecule has 0 aromatic heterocycles. The maximum atomic E-state index is 5.39. The van der Waals surface area contributed by atoms with Gasteiger partial charge in [-0.15, -0.1) is 0 Å². The summed E-state index contributed by atoms with van der Waals surface area (Å²) in [4.78, 5) is 0. The van der Waals surface area contributed by atoms with Crippen molar-refractivity contribution in [1.82, 2.24) is 0 Å². The molecule has 4 heteroatoms. The van der Waals surface area contributed by atoms with Crippen LogP contribution in [0.5, 0.6) is 0 Å². The number of nitrogens with zero attached hydrogens (tertiary/aromatic N) is 2. The highest BCUT2D eigenvalue weighted by molar-refractivity contribution is 4.81. The van der Waals surface area contributed by atoms with Gasteiger partial charge in [0, 0.05) is 20.6 Å². The second kappa shape index (κ2) is 5.56. The molecule has 0 rings (SSSR count). The number of azo groups is 1. The largest absolute Gasteiger partial charge is 0.379 e. The second-order valence-electron chi connectivity index (χ2n) is 4.83. The molecule has 0 amide bonds. The van der Waals surface area contributed by atoms with Gasteiger partial charge in [-0.1, -0.05) is 0 Å². The lowest BCUT2D eigenvalue weighted by Gasteiger charge is -2.32. The van der Waals surface area contributed by atoms with Gasteiger partial charge in [0.05, 0.1) is 11.6 Å². The number of rotatable bonds is 6. The molecule has 0 saturated carbocycles. The molecule has 15 heavy (non-hydrogen) atoms. The van der Waals surface area contributed by atoms with E-state index in [0.29, 0.717) is 6.42 Å². The van der Waals surface area contributed by atoms with E-state index < -0.39 is 5.72 Å². The Morgan fingerprint density at radius 3 is 1.93 bits per heavy atom. The fourth-order valence-corrected chi connectivity index (χ4v) is 1.25. The van der Waals surface area contributed by atoms with Crippen molar-refractivity contribution in [2.24, 2.45) is 10.2 Å². The zero-order chi connectivity index (χ0) is 12.1. The minimum absolute atomic E-state index is 0.185. The van der Waals surface area contributed by atoms with Crippen LogP contribution in [0.25, 0.3) is 0 Å². The zero-order valence-corrected chi connectivity index (χ0v) is 11.0. The summed E-state index contributed by atoms with van der Waals surface area (Å²) in [6, 6.07) is 0.185. The molecule has 0 bridgehead atoms. The molecule has 0 aromatic rings. The molecule has 0 aliphatic rings. The van der Waals surface area contributed by atoms with Gasteiger partial charge < -0.3 is 9.47 Å². The Hall–Kier alpha value is -0.480. The summed E-state index contributed by atoms with van der Waals surface area (Å²) < 4.78 is 10.7. The minimum Gasteiger partial charge on any atom is -0.379 e. The van der Waals surface area contributed by atoms with Gasteiger partial charge in [-0.05, 0) is 34.6 Å². The summed E-state index contributed by atoms with van der Waals surface area (Å²) in [6.45, 7) is 9.91. The van der Waals surface area contributed by atoms with E-state index in [1.54, 1.807) is 14.2 Å². The molecule has 0 spiro atoms. The highest BCUT2D eigenvalue weighted by atomic mass is 16.5. The maximum absolute atomic E-state index is 5.39. The van der Waals surface area contributed by atoms with E-state index in [1.807, 2.05) is 34.6 Å². The van der Waals surface area contributed by atoms with Crippen LogP contribution in [0.2, 0.25) is 0 Å². The van der Waals surface area contributed by atoms with E-state index in [-0.39, 0.29) is 11.6 Å². The fraction of sp³-hybridized carbons (Fsp3) is 1.00. The lowest BCUT2D eigenvalue weighted by atomic mass is 9.97. The van der Waals surface area contributed by atoms with Gasteiger partial charge in [-0.2, -0.15) is 10.2 Å². The zero-order valence-electron chi connectivity index (χ0n) is 11.0. The molecule has 1 unspecified atom stereocenters. The first-order valence-electron chi connectivity index (χ1n) is 5.27. The quantitative estimate of drug-likeness (QED) is 0.640. The highest BCUT2D eigenvalue weighted by Gasteiger charge is 2.32. The third-order valence-electron chi connectivity index (χ3n) is 2.25. The first kappa shape index (κ1) is 14.5. The summed E-state index contributed by atoms with van der Waals surface area (Å²) in [5.74, 6) is 0. The monoisotopic (exact) mass is 216 g/mol. The molecule has 0 aliphatic carbocycles. The molecule has 0 fully saturated rings. The first-order chi connectivity index (χ1) is 6.74. The van der Waals surface area contributed by atoms with Crippen LogP contribution in [-0.2, 0) is 9.47 Å². The molecule has 0 radical (unpaired) electrons. The maximum Gasteiger partial charge on any atom is 0.178 e. The Balaban J connectivity index is 4.57. The topological polar surface area (TPSA) is 43.2 Å². The number of ether oxygens (including phenoxy) is 2. The van der Waals surface area contributed by atoms with Crippen LogP contribution in [0.15, 0.2) is 10.2 Å². The van der Waals surface area contributed by atoms with Crippen LogP contribution in [0, 0.1) is 0 Å². The van der Waals surface area contributed by atoms with Gasteiger partial charge in [0.2, 0.25) is 0 Å². The average molecular weight is 216 g/mol. The van der Waals surface area contributed by atoms with Crippen molar-refractivity contribution >= 4 is 0 Å². The van der Waals surface area contributed by atoms with Gasteiger partial charge in [0.15, 0.2) is 5.72 Å². The molecule has 0 N–H and O–H groups in total. The molecule has 1 atom stereocenters. The van der Waals surface area contributed by atoms with Crippen molar-refractivity contribution in [1.29, 1.82) is 0 Å². The van der Waals surface area contributed by atoms with Crippen molar-refractivity contribution in [3.8, 4) is 0 Å². The van der Waals surface area contributed by atoms with E-state index in [1.165, 1.54) is 0 Å². The van der Waals surface area contributed by atoms with Gasteiger partial charge in [0.25, 0.3) is 0 Å². The van der Waals surface area contributed by atoms with E-state index >= 15 is 0 Å². The molecule has 4 nitrogen and oxygen atoms in total. The van der Waals surface area contributed by atoms with Crippen molar-refractivity contribution < 1.29 is 9.47 Å². The van der Waals surface area contributed by atoms with Gasteiger partial charge in [-0.3, -0.25) is 0 Å². The average Bonchev–Trinajstić information content (AvgIpc) is 2.14. The number of methoxy groups -OCH3 is 2. The van der Waals surface area contributed by atoms with Crippen LogP contribution in [-0.4, -0.2) is 31.6 Å². The Morgan fingerprint density at radius 1 is 1.07 bits per heavy atom. The van der Waals surface area contributed by atoms with Crippen LogP contribution in [0.1, 0.15) is 41.0 Å². The van der Waals surface area contributed by atoms with Crippen molar-refractivity contribution in [3.63, 3.8) is 0 Å². The predicted molar refractivity (Wildman–Crippen MR) is 61.1 cm³/mol. The van der Waals surface area contributed by atoms with Gasteiger partial charge >= 0.3 is 0 Å². The molecule has 90 valence electrons. The lowest BCUT2D eigenvalue weighted by Crippen LogP contribution is -2.36. The van der Waals surface area contributed by atoms with Gasteiger partial charge in [0.1, 0.15) is 0 Å². The van der Waals surface area contributed by atoms with E-state index in [9.17, 15) is 0 Å². The molecule has 0 saturated heterocycles. The highest BCUT2D eigenvalue weighted by Crippen LogP contribution is 2.27. The summed E-state index contributed by atoms with van der Waals surface area (Å²) in [7, 11) is 3.33. The summed E-state index contributed by atoms with van der Waals surface area (Å²) in [5, 5.41) is 8.36. The van der Waals surface area contributed by atoms with Crippen molar-refractivity contribution in [2.45, 2.75) is 58.4 Å². The molecular formula is C11H24N2O2. The SMILES string of the molecule is COC(C)(C)CC(C)(N=NC(C)C)OC. The van der Waals surface area contributed by atoms with E-state index in [0.717, 1.165) is 0 Å². The third-order valence-corrected chi connectivity index (χ3v) is 2.25. The first-order valence-corrected chi connectivity index (χ1v) is 5.27. The van der Waals surface area contributed by atoms with E-state index in [4.69, 9.17) is 9.47 Å². The standard InChI is InChI=1S/C11H24N2O2/c1-9(2)12-13-11(5,15-7)8-10(3,4)14-6/h9H,8H2,1-7H3. The Kier molecular flexibility index (Phi) is 5.38. The lowest BCUT2D eigenvalue weighted by molar-refractivity contribution is -0.0778. The Bertz CT molecular complexity index is 215. The summed E-state index contributed by atoms with van der Waals surface area (Å²) >= 11 is 0. The molecule has 0 aliphatic heterocycles. The Morgan fingerprint density at radius 2 is 1.60 bits per heavy atom. The predicted octanol–water partition coefficient (Wildman–Crippen LogP) is 3.02. The van der Waals surface area contributed by atoms with Crippen LogP contribution in [0.4, 0.5) is 0 Å².